The Morgan fingerprint density at radius 3 is 2.86 bits per heavy atom. The number of thioether (sulfide) groups is 1. The SMILES string of the molecule is COCCn1c(SCC(=O)Nc2ccc(Br)cc2F)nc2ccccc2c1=O. The number of ether oxygens (including phenoxy) is 1. The lowest BCUT2D eigenvalue weighted by molar-refractivity contribution is -0.113. The van der Waals surface area contributed by atoms with Crippen molar-refractivity contribution >= 4 is 50.2 Å². The fraction of sp³-hybridized carbons (Fsp3) is 0.211. The average molecular weight is 466 g/mol. The molecule has 0 aliphatic rings. The van der Waals surface area contributed by atoms with Crippen LogP contribution >= 0.6 is 27.7 Å². The number of hydrogen-bond donors (Lipinski definition) is 1. The maximum atomic E-state index is 13.9. The molecule has 3 rings (SSSR count). The molecule has 0 saturated carbocycles. The Morgan fingerprint density at radius 1 is 1.32 bits per heavy atom. The highest BCUT2D eigenvalue weighted by Gasteiger charge is 2.14. The Bertz CT molecular complexity index is 1070. The van der Waals surface area contributed by atoms with Gasteiger partial charge >= 0.3 is 0 Å². The molecule has 0 spiro atoms. The fourth-order valence-electron chi connectivity index (χ4n) is 2.54. The number of hydrogen-bond acceptors (Lipinski definition) is 5. The molecular formula is C19H17BrFN3O3S. The smallest absolute Gasteiger partial charge is 0.262 e. The summed E-state index contributed by atoms with van der Waals surface area (Å²) in [5.74, 6) is -0.951. The Balaban J connectivity index is 1.80. The number of methoxy groups -OCH3 is 1. The van der Waals surface area contributed by atoms with Crippen molar-refractivity contribution in [3.63, 3.8) is 0 Å². The molecular weight excluding hydrogens is 449 g/mol. The molecule has 1 N–H and O–H groups in total. The largest absolute Gasteiger partial charge is 0.383 e. The van der Waals surface area contributed by atoms with Crippen LogP contribution in [0, 0.1) is 5.82 Å². The molecule has 0 atom stereocenters. The van der Waals surface area contributed by atoms with Gasteiger partial charge in [0, 0.05) is 11.6 Å². The number of amides is 1. The second-order valence-corrected chi connectivity index (χ2v) is 7.68. The average Bonchev–Trinajstić information content (AvgIpc) is 2.68. The van der Waals surface area contributed by atoms with Crippen LogP contribution in [0.1, 0.15) is 0 Å². The molecule has 0 bridgehead atoms. The van der Waals surface area contributed by atoms with E-state index < -0.39 is 11.7 Å². The fourth-order valence-corrected chi connectivity index (χ4v) is 3.70. The normalized spacial score (nSPS) is 11.0. The Kier molecular flexibility index (Phi) is 6.82. The summed E-state index contributed by atoms with van der Waals surface area (Å²) in [5.41, 5.74) is 0.463. The summed E-state index contributed by atoms with van der Waals surface area (Å²) in [4.78, 5) is 29.5. The number of nitrogens with one attached hydrogen (secondary N) is 1. The number of carbonyl (C=O) groups excluding carboxylic acids is 1. The minimum absolute atomic E-state index is 0.0206. The third-order valence-electron chi connectivity index (χ3n) is 3.88. The van der Waals surface area contributed by atoms with Gasteiger partial charge in [0.1, 0.15) is 5.82 Å². The second-order valence-electron chi connectivity index (χ2n) is 5.82. The molecule has 146 valence electrons. The van der Waals surface area contributed by atoms with Gasteiger partial charge in [-0.15, -0.1) is 0 Å². The summed E-state index contributed by atoms with van der Waals surface area (Å²) >= 11 is 4.29. The van der Waals surface area contributed by atoms with E-state index in [0.29, 0.717) is 33.7 Å². The number of benzene rings is 2. The van der Waals surface area contributed by atoms with Crippen molar-refractivity contribution in [2.24, 2.45) is 0 Å². The van der Waals surface area contributed by atoms with Crippen LogP contribution in [0.25, 0.3) is 10.9 Å². The Hall–Kier alpha value is -2.23. The summed E-state index contributed by atoms with van der Waals surface area (Å²) in [6, 6.07) is 11.4. The Morgan fingerprint density at radius 2 is 2.11 bits per heavy atom. The van der Waals surface area contributed by atoms with Gasteiger partial charge in [-0.1, -0.05) is 39.8 Å². The maximum Gasteiger partial charge on any atom is 0.262 e. The highest BCUT2D eigenvalue weighted by Crippen LogP contribution is 2.21. The van der Waals surface area contributed by atoms with Gasteiger partial charge in [0.15, 0.2) is 5.16 Å². The minimum atomic E-state index is -0.534. The minimum Gasteiger partial charge on any atom is -0.383 e. The van der Waals surface area contributed by atoms with Gasteiger partial charge in [-0.05, 0) is 30.3 Å². The second kappa shape index (κ2) is 9.31. The van der Waals surface area contributed by atoms with Gasteiger partial charge < -0.3 is 10.1 Å². The number of aromatic nitrogens is 2. The molecule has 1 aromatic heterocycles. The summed E-state index contributed by atoms with van der Waals surface area (Å²) in [6.45, 7) is 0.655. The van der Waals surface area contributed by atoms with Crippen molar-refractivity contribution in [2.75, 3.05) is 24.8 Å². The zero-order valence-corrected chi connectivity index (χ0v) is 17.3. The summed E-state index contributed by atoms with van der Waals surface area (Å²) < 4.78 is 21.0. The molecule has 0 unspecified atom stereocenters. The van der Waals surface area contributed by atoms with Crippen LogP contribution in [0.4, 0.5) is 10.1 Å². The molecule has 28 heavy (non-hydrogen) atoms. The number of halogens is 2. The van der Waals surface area contributed by atoms with E-state index >= 15 is 0 Å². The summed E-state index contributed by atoms with van der Waals surface area (Å²) in [6.07, 6.45) is 0. The molecule has 0 aliphatic carbocycles. The molecule has 0 fully saturated rings. The molecule has 1 amide bonds. The van der Waals surface area contributed by atoms with Crippen molar-refractivity contribution < 1.29 is 13.9 Å². The third-order valence-corrected chi connectivity index (χ3v) is 5.35. The lowest BCUT2D eigenvalue weighted by Crippen LogP contribution is -2.26. The number of carbonyl (C=O) groups is 1. The van der Waals surface area contributed by atoms with Gasteiger partial charge in [0.2, 0.25) is 5.91 Å². The Labute approximate surface area is 173 Å². The highest BCUT2D eigenvalue weighted by molar-refractivity contribution is 9.10. The summed E-state index contributed by atoms with van der Waals surface area (Å²) in [7, 11) is 1.55. The lowest BCUT2D eigenvalue weighted by atomic mass is 10.2. The molecule has 6 nitrogen and oxygen atoms in total. The van der Waals surface area contributed by atoms with Gasteiger partial charge in [0.05, 0.1) is 35.5 Å². The molecule has 0 radical (unpaired) electrons. The number of anilines is 1. The zero-order valence-electron chi connectivity index (χ0n) is 14.9. The van der Waals surface area contributed by atoms with Gasteiger partial charge in [-0.3, -0.25) is 14.2 Å². The monoisotopic (exact) mass is 465 g/mol. The topological polar surface area (TPSA) is 73.2 Å². The van der Waals surface area contributed by atoms with Gasteiger partial charge in [0.25, 0.3) is 5.56 Å². The number of fused-ring (bicyclic) bond motifs is 1. The van der Waals surface area contributed by atoms with Crippen LogP contribution < -0.4 is 10.9 Å². The molecule has 0 aliphatic heterocycles. The van der Waals surface area contributed by atoms with E-state index in [2.05, 4.69) is 26.2 Å². The van der Waals surface area contributed by atoms with Crippen molar-refractivity contribution in [3.8, 4) is 0 Å². The van der Waals surface area contributed by atoms with Crippen molar-refractivity contribution in [3.05, 3.63) is 63.1 Å². The molecule has 9 heteroatoms. The first-order valence-corrected chi connectivity index (χ1v) is 10.1. The van der Waals surface area contributed by atoms with E-state index in [-0.39, 0.29) is 17.0 Å². The van der Waals surface area contributed by atoms with E-state index in [0.717, 1.165) is 11.8 Å². The van der Waals surface area contributed by atoms with E-state index in [4.69, 9.17) is 4.74 Å². The quantitative estimate of drug-likeness (QED) is 0.425. The molecule has 1 heterocycles. The van der Waals surface area contributed by atoms with Crippen LogP contribution in [0.3, 0.4) is 0 Å². The van der Waals surface area contributed by atoms with Crippen LogP contribution in [-0.2, 0) is 16.1 Å². The first kappa shape index (κ1) is 20.5. The first-order chi connectivity index (χ1) is 13.5. The zero-order chi connectivity index (χ0) is 20.1. The summed E-state index contributed by atoms with van der Waals surface area (Å²) in [5, 5.41) is 3.44. The van der Waals surface area contributed by atoms with E-state index in [1.165, 1.54) is 16.7 Å². The van der Waals surface area contributed by atoms with E-state index in [1.807, 2.05) is 0 Å². The number of para-hydroxylation sites is 1. The molecule has 2 aromatic carbocycles. The standard InChI is InChI=1S/C19H17BrFN3O3S/c1-27-9-8-24-18(26)13-4-2-3-5-15(13)23-19(24)28-11-17(25)22-16-7-6-12(20)10-14(16)21/h2-7,10H,8-9,11H2,1H3,(H,22,25). The maximum absolute atomic E-state index is 13.9. The molecule has 3 aromatic rings. The number of nitrogens with zero attached hydrogens (tertiary/aromatic N) is 2. The van der Waals surface area contributed by atoms with Crippen LogP contribution in [-0.4, -0.2) is 34.9 Å². The van der Waals surface area contributed by atoms with Crippen molar-refractivity contribution in [2.45, 2.75) is 11.7 Å². The first-order valence-electron chi connectivity index (χ1n) is 8.36. The lowest BCUT2D eigenvalue weighted by Gasteiger charge is -2.13. The van der Waals surface area contributed by atoms with Crippen LogP contribution in [0.15, 0.2) is 56.9 Å². The highest BCUT2D eigenvalue weighted by atomic mass is 79.9. The molecule has 0 saturated heterocycles. The third kappa shape index (κ3) is 4.78. The predicted octanol–water partition coefficient (Wildman–Crippen LogP) is 3.68. The van der Waals surface area contributed by atoms with Crippen LogP contribution in [0.2, 0.25) is 0 Å². The van der Waals surface area contributed by atoms with Gasteiger partial charge in [-0.2, -0.15) is 0 Å². The van der Waals surface area contributed by atoms with Gasteiger partial charge in [-0.25, -0.2) is 9.37 Å². The van der Waals surface area contributed by atoms with Crippen molar-refractivity contribution in [1.82, 2.24) is 9.55 Å². The van der Waals surface area contributed by atoms with Crippen molar-refractivity contribution in [1.29, 1.82) is 0 Å². The number of rotatable bonds is 7. The van der Waals surface area contributed by atoms with E-state index in [1.54, 1.807) is 37.4 Å². The van der Waals surface area contributed by atoms with E-state index in [9.17, 15) is 14.0 Å². The predicted molar refractivity (Wildman–Crippen MR) is 111 cm³/mol. The van der Waals surface area contributed by atoms with Crippen LogP contribution in [0.5, 0.6) is 0 Å².